The van der Waals surface area contributed by atoms with Crippen molar-refractivity contribution in [3.63, 3.8) is 0 Å². The summed E-state index contributed by atoms with van der Waals surface area (Å²) in [6.07, 6.45) is 29.1. The normalized spacial score (nSPS) is 11.1. The minimum absolute atomic E-state index is 0. The standard InChI is InChI=1S/C22H40N2.ClH/c1-3-4-5-6-7-8-9-10-11-12-13-14-15-16-17-18-19-22-23-20-21-24(22)2;/h10-11,20-21H,3-9,12-19H2,1-2H3;1H. The van der Waals surface area contributed by atoms with Crippen molar-refractivity contribution in [2.45, 2.75) is 103 Å². The van der Waals surface area contributed by atoms with Gasteiger partial charge in [-0.15, -0.1) is 12.4 Å². The molecule has 0 atom stereocenters. The molecule has 0 saturated heterocycles. The number of aromatic nitrogens is 2. The average Bonchev–Trinajstić information content (AvgIpc) is 2.99. The van der Waals surface area contributed by atoms with E-state index in [1.54, 1.807) is 0 Å². The monoisotopic (exact) mass is 368 g/mol. The quantitative estimate of drug-likeness (QED) is 0.219. The highest BCUT2D eigenvalue weighted by Crippen LogP contribution is 2.11. The number of nitrogens with zero attached hydrogens (tertiary/aromatic N) is 2. The van der Waals surface area contributed by atoms with Crippen molar-refractivity contribution >= 4 is 12.4 Å². The number of hydrogen-bond donors (Lipinski definition) is 0. The van der Waals surface area contributed by atoms with Gasteiger partial charge in [-0.05, 0) is 32.1 Å². The Morgan fingerprint density at radius 1 is 0.800 bits per heavy atom. The van der Waals surface area contributed by atoms with Crippen molar-refractivity contribution in [1.82, 2.24) is 9.55 Å². The van der Waals surface area contributed by atoms with Gasteiger partial charge in [-0.3, -0.25) is 0 Å². The third-order valence-corrected chi connectivity index (χ3v) is 4.83. The summed E-state index contributed by atoms with van der Waals surface area (Å²) in [4.78, 5) is 4.38. The molecule has 0 fully saturated rings. The second kappa shape index (κ2) is 18.0. The summed E-state index contributed by atoms with van der Waals surface area (Å²) in [6.45, 7) is 2.28. The summed E-state index contributed by atoms with van der Waals surface area (Å²) in [5.41, 5.74) is 0. The van der Waals surface area contributed by atoms with E-state index in [-0.39, 0.29) is 12.4 Å². The van der Waals surface area contributed by atoms with Gasteiger partial charge in [-0.25, -0.2) is 4.98 Å². The molecule has 0 spiro atoms. The first-order valence-corrected chi connectivity index (χ1v) is 10.5. The Labute approximate surface area is 162 Å². The van der Waals surface area contributed by atoms with Crippen LogP contribution in [0.2, 0.25) is 0 Å². The molecule has 0 aliphatic rings. The zero-order valence-electron chi connectivity index (χ0n) is 16.7. The van der Waals surface area contributed by atoms with Gasteiger partial charge in [-0.2, -0.15) is 0 Å². The van der Waals surface area contributed by atoms with Crippen LogP contribution in [0.1, 0.15) is 103 Å². The predicted molar refractivity (Wildman–Crippen MR) is 114 cm³/mol. The summed E-state index contributed by atoms with van der Waals surface area (Å²) in [7, 11) is 2.09. The van der Waals surface area contributed by atoms with Gasteiger partial charge in [0.15, 0.2) is 0 Å². The Hall–Kier alpha value is -0.760. The molecule has 0 amide bonds. The van der Waals surface area contributed by atoms with Crippen molar-refractivity contribution in [2.24, 2.45) is 7.05 Å². The topological polar surface area (TPSA) is 17.8 Å². The molecule has 0 aliphatic heterocycles. The number of allylic oxidation sites excluding steroid dienone is 2. The van der Waals surface area contributed by atoms with Crippen molar-refractivity contribution in [1.29, 1.82) is 0 Å². The number of imidazole rings is 1. The van der Waals surface area contributed by atoms with Crippen LogP contribution >= 0.6 is 12.4 Å². The lowest BCUT2D eigenvalue weighted by Crippen LogP contribution is -1.96. The van der Waals surface area contributed by atoms with E-state index in [2.05, 4.69) is 35.7 Å². The zero-order valence-corrected chi connectivity index (χ0v) is 17.5. The van der Waals surface area contributed by atoms with E-state index in [4.69, 9.17) is 0 Å². The molecule has 0 aromatic carbocycles. The maximum atomic E-state index is 4.38. The van der Waals surface area contributed by atoms with Crippen LogP contribution < -0.4 is 0 Å². The molecule has 1 rings (SSSR count). The predicted octanol–water partition coefficient (Wildman–Crippen LogP) is 7.42. The first kappa shape index (κ1) is 24.2. The Bertz CT molecular complexity index is 412. The molecule has 0 aliphatic carbocycles. The van der Waals surface area contributed by atoms with Gasteiger partial charge in [0.05, 0.1) is 0 Å². The summed E-state index contributed by atoms with van der Waals surface area (Å²) in [5.74, 6) is 1.23. The third-order valence-electron chi connectivity index (χ3n) is 4.83. The molecule has 1 heterocycles. The number of aryl methyl sites for hydroxylation is 2. The lowest BCUT2D eigenvalue weighted by molar-refractivity contribution is 0.586. The second-order valence-corrected chi connectivity index (χ2v) is 7.14. The lowest BCUT2D eigenvalue weighted by Gasteiger charge is -2.02. The minimum Gasteiger partial charge on any atom is -0.338 e. The molecule has 1 aromatic rings. The lowest BCUT2D eigenvalue weighted by atomic mass is 10.1. The molecule has 0 saturated carbocycles. The fourth-order valence-corrected chi connectivity index (χ4v) is 3.17. The molecule has 2 nitrogen and oxygen atoms in total. The van der Waals surface area contributed by atoms with E-state index in [1.165, 1.54) is 95.7 Å². The van der Waals surface area contributed by atoms with Gasteiger partial charge < -0.3 is 4.57 Å². The Morgan fingerprint density at radius 2 is 1.32 bits per heavy atom. The molecule has 0 bridgehead atoms. The Balaban J connectivity index is 0.00000576. The van der Waals surface area contributed by atoms with Crippen LogP contribution in [0.3, 0.4) is 0 Å². The second-order valence-electron chi connectivity index (χ2n) is 7.14. The number of rotatable bonds is 16. The molecule has 3 heteroatoms. The van der Waals surface area contributed by atoms with Crippen LogP contribution in [-0.4, -0.2) is 9.55 Å². The fourth-order valence-electron chi connectivity index (χ4n) is 3.17. The maximum absolute atomic E-state index is 4.38. The Kier molecular flexibility index (Phi) is 17.5. The summed E-state index contributed by atoms with van der Waals surface area (Å²) in [6, 6.07) is 0. The van der Waals surface area contributed by atoms with Crippen molar-refractivity contribution in [3.8, 4) is 0 Å². The van der Waals surface area contributed by atoms with Crippen LogP contribution in [0.4, 0.5) is 0 Å². The van der Waals surface area contributed by atoms with Crippen LogP contribution in [0.25, 0.3) is 0 Å². The van der Waals surface area contributed by atoms with Crippen molar-refractivity contribution in [2.75, 3.05) is 0 Å². The van der Waals surface area contributed by atoms with E-state index >= 15 is 0 Å². The number of halogens is 1. The zero-order chi connectivity index (χ0) is 17.3. The van der Waals surface area contributed by atoms with Gasteiger partial charge in [0.1, 0.15) is 5.82 Å². The van der Waals surface area contributed by atoms with Crippen LogP contribution in [0.15, 0.2) is 24.5 Å². The van der Waals surface area contributed by atoms with Gasteiger partial charge in [0.25, 0.3) is 0 Å². The van der Waals surface area contributed by atoms with E-state index in [1.807, 2.05) is 12.4 Å². The number of hydrogen-bond acceptors (Lipinski definition) is 1. The summed E-state index contributed by atoms with van der Waals surface area (Å²) >= 11 is 0. The number of unbranched alkanes of at least 4 members (excludes halogenated alkanes) is 12. The minimum atomic E-state index is 0. The highest BCUT2D eigenvalue weighted by Gasteiger charge is 1.98. The van der Waals surface area contributed by atoms with Crippen LogP contribution in [-0.2, 0) is 13.5 Å². The van der Waals surface area contributed by atoms with Gasteiger partial charge in [-0.1, -0.05) is 76.9 Å². The highest BCUT2D eigenvalue weighted by molar-refractivity contribution is 5.85. The van der Waals surface area contributed by atoms with Gasteiger partial charge in [0.2, 0.25) is 0 Å². The first-order valence-electron chi connectivity index (χ1n) is 10.5. The van der Waals surface area contributed by atoms with Crippen LogP contribution in [0, 0.1) is 0 Å². The summed E-state index contributed by atoms with van der Waals surface area (Å²) < 4.78 is 2.14. The average molecular weight is 369 g/mol. The summed E-state index contributed by atoms with van der Waals surface area (Å²) in [5, 5.41) is 0. The van der Waals surface area contributed by atoms with Gasteiger partial charge >= 0.3 is 0 Å². The Morgan fingerprint density at radius 3 is 1.84 bits per heavy atom. The molecular formula is C22H41ClN2. The van der Waals surface area contributed by atoms with Crippen LogP contribution in [0.5, 0.6) is 0 Å². The molecule has 25 heavy (non-hydrogen) atoms. The van der Waals surface area contributed by atoms with E-state index in [0.29, 0.717) is 0 Å². The maximum Gasteiger partial charge on any atom is 0.108 e. The molecule has 1 aromatic heterocycles. The molecular weight excluding hydrogens is 328 g/mol. The first-order chi connectivity index (χ1) is 11.8. The smallest absolute Gasteiger partial charge is 0.108 e. The third kappa shape index (κ3) is 14.1. The van der Waals surface area contributed by atoms with E-state index in [0.717, 1.165) is 6.42 Å². The fraction of sp³-hybridized carbons (Fsp3) is 0.773. The van der Waals surface area contributed by atoms with E-state index in [9.17, 15) is 0 Å². The van der Waals surface area contributed by atoms with E-state index < -0.39 is 0 Å². The largest absolute Gasteiger partial charge is 0.338 e. The van der Waals surface area contributed by atoms with Crippen molar-refractivity contribution in [3.05, 3.63) is 30.4 Å². The molecule has 0 N–H and O–H groups in total. The highest BCUT2D eigenvalue weighted by atomic mass is 35.5. The molecule has 0 radical (unpaired) electrons. The molecule has 0 unspecified atom stereocenters. The van der Waals surface area contributed by atoms with Crippen molar-refractivity contribution < 1.29 is 0 Å². The SMILES string of the molecule is CCCCCCCCC=CCCCCCCCCc1nccn1C.Cl. The molecule has 146 valence electrons. The van der Waals surface area contributed by atoms with Gasteiger partial charge in [0, 0.05) is 25.9 Å².